The van der Waals surface area contributed by atoms with E-state index in [0.29, 0.717) is 5.69 Å². The summed E-state index contributed by atoms with van der Waals surface area (Å²) < 4.78 is 13.7. The van der Waals surface area contributed by atoms with Crippen molar-refractivity contribution in [1.82, 2.24) is 0 Å². The molecule has 0 aromatic heterocycles. The molecule has 148 valence electrons. The summed E-state index contributed by atoms with van der Waals surface area (Å²) in [5.74, 6) is -0.877. The van der Waals surface area contributed by atoms with Gasteiger partial charge in [0.05, 0.1) is 11.3 Å². The van der Waals surface area contributed by atoms with Gasteiger partial charge in [0.25, 0.3) is 5.91 Å². The Labute approximate surface area is 173 Å². The molecule has 0 atom stereocenters. The lowest BCUT2D eigenvalue weighted by molar-refractivity contribution is -0.113. The van der Waals surface area contributed by atoms with Crippen LogP contribution in [0.2, 0.25) is 0 Å². The van der Waals surface area contributed by atoms with E-state index >= 15 is 0 Å². The molecule has 6 heteroatoms. The minimum absolute atomic E-state index is 0.00550. The van der Waals surface area contributed by atoms with Gasteiger partial charge in [-0.25, -0.2) is 4.39 Å². The zero-order valence-corrected chi connectivity index (χ0v) is 17.0. The quantitative estimate of drug-likeness (QED) is 0.535. The average Bonchev–Trinajstić information content (AvgIpc) is 2.71. The highest BCUT2D eigenvalue weighted by Crippen LogP contribution is 2.22. The Morgan fingerprint density at radius 1 is 0.897 bits per heavy atom. The lowest BCUT2D eigenvalue weighted by Gasteiger charge is -2.10. The van der Waals surface area contributed by atoms with Gasteiger partial charge in [-0.15, -0.1) is 11.8 Å². The van der Waals surface area contributed by atoms with Gasteiger partial charge in [0.1, 0.15) is 5.82 Å². The number of carbonyl (C=O) groups excluding carboxylic acids is 2. The van der Waals surface area contributed by atoms with E-state index < -0.39 is 11.7 Å². The number of amides is 2. The third-order valence-electron chi connectivity index (χ3n) is 4.48. The summed E-state index contributed by atoms with van der Waals surface area (Å²) >= 11 is 1.40. The molecule has 4 nitrogen and oxygen atoms in total. The van der Waals surface area contributed by atoms with Gasteiger partial charge in [-0.3, -0.25) is 9.59 Å². The Kier molecular flexibility index (Phi) is 6.67. The highest BCUT2D eigenvalue weighted by atomic mass is 32.2. The fourth-order valence-electron chi connectivity index (χ4n) is 2.70. The molecule has 3 rings (SSSR count). The van der Waals surface area contributed by atoms with Gasteiger partial charge < -0.3 is 10.6 Å². The van der Waals surface area contributed by atoms with Crippen LogP contribution in [0.25, 0.3) is 0 Å². The Morgan fingerprint density at radius 3 is 2.34 bits per heavy atom. The molecule has 0 unspecified atom stereocenters. The van der Waals surface area contributed by atoms with Gasteiger partial charge in [0.2, 0.25) is 5.91 Å². The molecule has 0 bridgehead atoms. The summed E-state index contributed by atoms with van der Waals surface area (Å²) in [6.45, 7) is 3.98. The zero-order chi connectivity index (χ0) is 20.8. The van der Waals surface area contributed by atoms with Crippen LogP contribution in [0.1, 0.15) is 21.5 Å². The van der Waals surface area contributed by atoms with Gasteiger partial charge in [0.15, 0.2) is 0 Å². The molecule has 0 saturated carbocycles. The van der Waals surface area contributed by atoms with Crippen molar-refractivity contribution in [3.63, 3.8) is 0 Å². The molecule has 0 aliphatic carbocycles. The molecule has 0 radical (unpaired) electrons. The fraction of sp³-hybridized carbons (Fsp3) is 0.130. The first kappa shape index (κ1) is 20.6. The number of anilines is 2. The minimum atomic E-state index is -0.563. The zero-order valence-electron chi connectivity index (χ0n) is 16.2. The second-order valence-corrected chi connectivity index (χ2v) is 7.59. The van der Waals surface area contributed by atoms with Crippen LogP contribution in [0.3, 0.4) is 0 Å². The number of hydrogen-bond donors (Lipinski definition) is 2. The number of nitrogens with one attached hydrogen (secondary N) is 2. The Hall–Kier alpha value is -3.12. The molecule has 2 amide bonds. The van der Waals surface area contributed by atoms with Gasteiger partial charge in [0, 0.05) is 16.3 Å². The van der Waals surface area contributed by atoms with Gasteiger partial charge in [-0.05, 0) is 67.4 Å². The third-order valence-corrected chi connectivity index (χ3v) is 5.49. The van der Waals surface area contributed by atoms with E-state index in [0.717, 1.165) is 21.7 Å². The molecular weight excluding hydrogens is 387 g/mol. The number of halogens is 1. The van der Waals surface area contributed by atoms with E-state index in [9.17, 15) is 14.0 Å². The first-order chi connectivity index (χ1) is 13.9. The van der Waals surface area contributed by atoms with Crippen LogP contribution < -0.4 is 10.6 Å². The molecule has 0 aliphatic heterocycles. The van der Waals surface area contributed by atoms with Crippen molar-refractivity contribution < 1.29 is 14.0 Å². The summed E-state index contributed by atoms with van der Waals surface area (Å²) in [6.07, 6.45) is 0. The summed E-state index contributed by atoms with van der Waals surface area (Å²) in [5, 5.41) is 5.60. The van der Waals surface area contributed by atoms with Crippen LogP contribution in [0.15, 0.2) is 71.6 Å². The first-order valence-electron chi connectivity index (χ1n) is 9.09. The van der Waals surface area contributed by atoms with Gasteiger partial charge in [-0.2, -0.15) is 0 Å². The monoisotopic (exact) mass is 408 g/mol. The van der Waals surface area contributed by atoms with Crippen molar-refractivity contribution in [2.75, 3.05) is 16.4 Å². The van der Waals surface area contributed by atoms with E-state index in [2.05, 4.69) is 10.6 Å². The molecule has 0 aliphatic rings. The molecule has 2 N–H and O–H groups in total. The number of benzene rings is 3. The molecule has 0 saturated heterocycles. The second-order valence-electron chi connectivity index (χ2n) is 6.54. The lowest BCUT2D eigenvalue weighted by Crippen LogP contribution is -2.15. The SMILES string of the molecule is Cc1cccc(NC(=O)CSc2ccc(NC(=O)c3ccccc3F)cc2)c1C. The Balaban J connectivity index is 1.54. The molecule has 29 heavy (non-hydrogen) atoms. The highest BCUT2D eigenvalue weighted by molar-refractivity contribution is 8.00. The van der Waals surface area contributed by atoms with Gasteiger partial charge >= 0.3 is 0 Å². The van der Waals surface area contributed by atoms with Crippen LogP contribution in [-0.4, -0.2) is 17.6 Å². The van der Waals surface area contributed by atoms with Crippen LogP contribution in [-0.2, 0) is 4.79 Å². The molecular formula is C23H21FN2O2S. The summed E-state index contributed by atoms with van der Waals surface area (Å²) in [5.41, 5.74) is 3.56. The van der Waals surface area contributed by atoms with Gasteiger partial charge in [-0.1, -0.05) is 24.3 Å². The maximum absolute atomic E-state index is 13.7. The van der Waals surface area contributed by atoms with Crippen molar-refractivity contribution in [2.45, 2.75) is 18.7 Å². The van der Waals surface area contributed by atoms with Crippen LogP contribution in [0, 0.1) is 19.7 Å². The van der Waals surface area contributed by atoms with Crippen LogP contribution in [0.5, 0.6) is 0 Å². The standard InChI is InChI=1S/C23H21FN2O2S/c1-15-6-5-9-21(16(15)2)26-22(27)14-29-18-12-10-17(11-13-18)25-23(28)19-7-3-4-8-20(19)24/h3-13H,14H2,1-2H3,(H,25,28)(H,26,27). The third kappa shape index (κ3) is 5.45. The van der Waals surface area contributed by atoms with Crippen molar-refractivity contribution in [3.05, 3.63) is 89.2 Å². The van der Waals surface area contributed by atoms with Crippen molar-refractivity contribution in [3.8, 4) is 0 Å². The molecule has 0 spiro atoms. The highest BCUT2D eigenvalue weighted by Gasteiger charge is 2.11. The summed E-state index contributed by atoms with van der Waals surface area (Å²) in [7, 11) is 0. The predicted octanol–water partition coefficient (Wildman–Crippen LogP) is 5.43. The second kappa shape index (κ2) is 9.39. The summed E-state index contributed by atoms with van der Waals surface area (Å²) in [6, 6.07) is 18.7. The molecule has 3 aromatic rings. The predicted molar refractivity (Wildman–Crippen MR) is 116 cm³/mol. The number of rotatable bonds is 6. The van der Waals surface area contributed by atoms with Crippen LogP contribution >= 0.6 is 11.8 Å². The number of thioether (sulfide) groups is 1. The normalized spacial score (nSPS) is 10.4. The first-order valence-corrected chi connectivity index (χ1v) is 10.1. The lowest BCUT2D eigenvalue weighted by atomic mass is 10.1. The fourth-order valence-corrected chi connectivity index (χ4v) is 3.40. The van der Waals surface area contributed by atoms with Crippen LogP contribution in [0.4, 0.5) is 15.8 Å². The maximum atomic E-state index is 13.7. The molecule has 0 heterocycles. The number of aryl methyl sites for hydroxylation is 1. The van der Waals surface area contributed by atoms with E-state index in [4.69, 9.17) is 0 Å². The van der Waals surface area contributed by atoms with E-state index in [-0.39, 0.29) is 17.2 Å². The minimum Gasteiger partial charge on any atom is -0.325 e. The Morgan fingerprint density at radius 2 is 1.62 bits per heavy atom. The average molecular weight is 408 g/mol. The largest absolute Gasteiger partial charge is 0.325 e. The van der Waals surface area contributed by atoms with Crippen molar-refractivity contribution >= 4 is 35.0 Å². The van der Waals surface area contributed by atoms with Crippen molar-refractivity contribution in [1.29, 1.82) is 0 Å². The Bertz CT molecular complexity index is 1040. The maximum Gasteiger partial charge on any atom is 0.258 e. The number of carbonyl (C=O) groups is 2. The number of hydrogen-bond acceptors (Lipinski definition) is 3. The van der Waals surface area contributed by atoms with E-state index in [1.54, 1.807) is 18.2 Å². The topological polar surface area (TPSA) is 58.2 Å². The van der Waals surface area contributed by atoms with E-state index in [1.807, 2.05) is 44.2 Å². The van der Waals surface area contributed by atoms with Crippen molar-refractivity contribution in [2.24, 2.45) is 0 Å². The smallest absolute Gasteiger partial charge is 0.258 e. The molecule has 3 aromatic carbocycles. The molecule has 0 fully saturated rings. The van der Waals surface area contributed by atoms with E-state index in [1.165, 1.54) is 30.0 Å². The summed E-state index contributed by atoms with van der Waals surface area (Å²) in [4.78, 5) is 25.3.